The van der Waals surface area contributed by atoms with Crippen molar-refractivity contribution in [1.29, 1.82) is 0 Å². The average molecular weight is 539 g/mol. The summed E-state index contributed by atoms with van der Waals surface area (Å²) in [6.07, 6.45) is -3.29. The molecular weight excluding hydrogens is 519 g/mol. The molecule has 6 atom stereocenters. The Bertz CT molecular complexity index is 1160. The minimum atomic E-state index is -5.74. The molecule has 1 aromatic rings. The van der Waals surface area contributed by atoms with Gasteiger partial charge in [0.15, 0.2) is 0 Å². The normalized spacial score (nSPS) is 27.0. The van der Waals surface area contributed by atoms with Crippen molar-refractivity contribution in [3.63, 3.8) is 0 Å². The Balaban J connectivity index is 2.17. The van der Waals surface area contributed by atoms with Crippen molar-refractivity contribution < 1.29 is 61.1 Å². The first-order chi connectivity index (χ1) is 15.0. The van der Waals surface area contributed by atoms with Crippen LogP contribution in [-0.4, -0.2) is 66.0 Å². The molecule has 2 heterocycles. The monoisotopic (exact) mass is 539 g/mol. The SMILES string of the molecule is CNC(=O)c1cn([C@@H]2O[C@H](COP(=O)(O)OP(=O)(O)OP(=O)(O)O)C(O)[C@@H]2C)c(=O)[nH]c1=O. The Morgan fingerprint density at radius 1 is 1.18 bits per heavy atom. The molecule has 18 nitrogen and oxygen atoms in total. The van der Waals surface area contributed by atoms with Crippen molar-refractivity contribution in [2.45, 2.75) is 25.4 Å². The first-order valence-corrected chi connectivity index (χ1v) is 13.2. The van der Waals surface area contributed by atoms with Crippen LogP contribution in [0.5, 0.6) is 0 Å². The highest BCUT2D eigenvalue weighted by Gasteiger charge is 2.45. The molecule has 21 heteroatoms. The molecule has 1 aliphatic heterocycles. The molecule has 33 heavy (non-hydrogen) atoms. The standard InChI is InChI=1S/C12H20N3O15P3/c1-5-8(16)7(4-27-32(23,24)30-33(25,26)29-31(20,21)22)28-11(5)15-3-6(9(17)13-2)10(18)14-12(15)19/h3,5,7-8,11,16H,4H2,1-2H3,(H,13,17)(H,23,24)(H,25,26)(H,14,18,19)(H2,20,21,22)/t5-,7+,8?,11+/m0/s1. The number of rotatable bonds is 9. The first kappa shape index (κ1) is 27.7. The van der Waals surface area contributed by atoms with Crippen LogP contribution in [0.2, 0.25) is 0 Å². The fourth-order valence-electron chi connectivity index (χ4n) is 2.79. The maximum Gasteiger partial charge on any atom is 0.490 e. The van der Waals surface area contributed by atoms with Crippen molar-refractivity contribution in [3.05, 3.63) is 32.6 Å². The number of aliphatic hydroxyl groups is 1. The number of phosphoric ester groups is 1. The lowest BCUT2D eigenvalue weighted by Gasteiger charge is -2.19. The summed E-state index contributed by atoms with van der Waals surface area (Å²) in [6.45, 7) is 0.434. The zero-order valence-corrected chi connectivity index (χ0v) is 19.4. The smallest absolute Gasteiger partial charge is 0.390 e. The highest BCUT2D eigenvalue weighted by molar-refractivity contribution is 7.66. The van der Waals surface area contributed by atoms with Gasteiger partial charge in [0.1, 0.15) is 17.9 Å². The number of carbonyl (C=O) groups excluding carboxylic acids is 1. The van der Waals surface area contributed by atoms with Crippen molar-refractivity contribution in [2.75, 3.05) is 13.7 Å². The van der Waals surface area contributed by atoms with Crippen LogP contribution in [0.15, 0.2) is 15.8 Å². The van der Waals surface area contributed by atoms with Crippen molar-refractivity contribution in [3.8, 4) is 0 Å². The Morgan fingerprint density at radius 2 is 1.79 bits per heavy atom. The van der Waals surface area contributed by atoms with Crippen LogP contribution in [0.3, 0.4) is 0 Å². The molecule has 1 aliphatic rings. The lowest BCUT2D eigenvalue weighted by Crippen LogP contribution is -2.38. The summed E-state index contributed by atoms with van der Waals surface area (Å²) in [7, 11) is -15.5. The highest BCUT2D eigenvalue weighted by atomic mass is 31.3. The summed E-state index contributed by atoms with van der Waals surface area (Å²) in [5.41, 5.74) is -2.42. The maximum atomic E-state index is 12.2. The van der Waals surface area contributed by atoms with Crippen LogP contribution in [0.25, 0.3) is 0 Å². The van der Waals surface area contributed by atoms with Gasteiger partial charge in [0, 0.05) is 19.2 Å². The van der Waals surface area contributed by atoms with E-state index < -0.39 is 77.1 Å². The number of phosphoric acid groups is 3. The number of carbonyl (C=O) groups is 1. The van der Waals surface area contributed by atoms with Crippen LogP contribution in [0, 0.1) is 5.92 Å². The molecule has 0 aliphatic carbocycles. The van der Waals surface area contributed by atoms with Gasteiger partial charge >= 0.3 is 29.2 Å². The lowest BCUT2D eigenvalue weighted by atomic mass is 10.0. The van der Waals surface area contributed by atoms with E-state index in [4.69, 9.17) is 19.4 Å². The number of aliphatic hydroxyl groups excluding tert-OH is 1. The fraction of sp³-hybridized carbons (Fsp3) is 0.583. The number of amides is 1. The van der Waals surface area contributed by atoms with Gasteiger partial charge in [0.25, 0.3) is 11.5 Å². The van der Waals surface area contributed by atoms with E-state index in [1.807, 2.05) is 4.98 Å². The topological polar surface area (TPSA) is 273 Å². The highest BCUT2D eigenvalue weighted by Crippen LogP contribution is 2.66. The minimum absolute atomic E-state index is 0.445. The van der Waals surface area contributed by atoms with Crippen molar-refractivity contribution in [1.82, 2.24) is 14.9 Å². The average Bonchev–Trinajstić information content (AvgIpc) is 2.91. The third kappa shape index (κ3) is 7.23. The van der Waals surface area contributed by atoms with Gasteiger partial charge in [-0.25, -0.2) is 18.5 Å². The number of aromatic nitrogens is 2. The molecule has 0 spiro atoms. The van der Waals surface area contributed by atoms with Gasteiger partial charge < -0.3 is 34.7 Å². The lowest BCUT2D eigenvalue weighted by molar-refractivity contribution is -0.0468. The molecule has 0 radical (unpaired) electrons. The second-order valence-corrected chi connectivity index (χ2v) is 11.0. The predicted octanol–water partition coefficient (Wildman–Crippen LogP) is -1.87. The number of ether oxygens (including phenoxy) is 1. The minimum Gasteiger partial charge on any atom is -0.390 e. The van der Waals surface area contributed by atoms with E-state index in [2.05, 4.69) is 18.5 Å². The summed E-state index contributed by atoms with van der Waals surface area (Å²) >= 11 is 0. The van der Waals surface area contributed by atoms with Crippen molar-refractivity contribution >= 4 is 29.4 Å². The number of aromatic amines is 1. The van der Waals surface area contributed by atoms with Crippen LogP contribution >= 0.6 is 23.5 Å². The zero-order chi connectivity index (χ0) is 25.4. The Morgan fingerprint density at radius 3 is 2.33 bits per heavy atom. The Kier molecular flexibility index (Phi) is 8.40. The first-order valence-electron chi connectivity index (χ1n) is 8.66. The molecule has 188 valence electrons. The van der Waals surface area contributed by atoms with E-state index in [1.54, 1.807) is 0 Å². The van der Waals surface area contributed by atoms with Gasteiger partial charge in [-0.1, -0.05) is 6.92 Å². The predicted molar refractivity (Wildman–Crippen MR) is 104 cm³/mol. The maximum absolute atomic E-state index is 12.2. The molecule has 1 saturated heterocycles. The number of H-pyrrole nitrogens is 1. The summed E-state index contributed by atoms with van der Waals surface area (Å²) in [5, 5.41) is 12.5. The van der Waals surface area contributed by atoms with Crippen LogP contribution in [0.4, 0.5) is 0 Å². The molecule has 0 bridgehead atoms. The molecule has 3 unspecified atom stereocenters. The molecule has 1 fully saturated rings. The van der Waals surface area contributed by atoms with Gasteiger partial charge in [0.05, 0.1) is 12.7 Å². The molecule has 7 N–H and O–H groups in total. The molecular formula is C12H20N3O15P3. The van der Waals surface area contributed by atoms with Crippen molar-refractivity contribution in [2.24, 2.45) is 5.92 Å². The molecule has 2 rings (SSSR count). The second-order valence-electron chi connectivity index (χ2n) is 6.59. The summed E-state index contributed by atoms with van der Waals surface area (Å²) in [4.78, 5) is 73.4. The van der Waals surface area contributed by atoms with Gasteiger partial charge in [-0.05, 0) is 0 Å². The van der Waals surface area contributed by atoms with Gasteiger partial charge in [-0.2, -0.15) is 8.62 Å². The van der Waals surface area contributed by atoms with E-state index >= 15 is 0 Å². The molecule has 0 saturated carbocycles. The third-order valence-corrected chi connectivity index (χ3v) is 8.02. The summed E-state index contributed by atoms with van der Waals surface area (Å²) in [5.74, 6) is -1.72. The van der Waals surface area contributed by atoms with Gasteiger partial charge in [-0.15, -0.1) is 0 Å². The molecule has 0 aromatic carbocycles. The largest absolute Gasteiger partial charge is 0.490 e. The van der Waals surface area contributed by atoms with E-state index in [0.717, 1.165) is 10.8 Å². The number of nitrogens with zero attached hydrogens (tertiary/aromatic N) is 1. The van der Waals surface area contributed by atoms with E-state index in [-0.39, 0.29) is 0 Å². The second kappa shape index (κ2) is 10.00. The zero-order valence-electron chi connectivity index (χ0n) is 16.7. The Labute approximate surface area is 183 Å². The van der Waals surface area contributed by atoms with Crippen LogP contribution in [-0.2, 0) is 31.6 Å². The van der Waals surface area contributed by atoms with E-state index in [9.17, 15) is 38.1 Å². The third-order valence-electron chi connectivity index (χ3n) is 4.22. The van der Waals surface area contributed by atoms with Crippen LogP contribution < -0.4 is 16.6 Å². The fourth-order valence-corrected chi connectivity index (χ4v) is 5.82. The van der Waals surface area contributed by atoms with Gasteiger partial charge in [0.2, 0.25) is 0 Å². The van der Waals surface area contributed by atoms with E-state index in [1.165, 1.54) is 14.0 Å². The molecule has 1 aromatic heterocycles. The number of hydrogen-bond acceptors (Lipinski definition) is 11. The van der Waals surface area contributed by atoms with Crippen LogP contribution in [0.1, 0.15) is 23.5 Å². The summed E-state index contributed by atoms with van der Waals surface area (Å²) < 4.78 is 51.6. The number of hydrogen-bond donors (Lipinski definition) is 7. The molecule has 1 amide bonds. The van der Waals surface area contributed by atoms with Gasteiger partial charge in [-0.3, -0.25) is 23.7 Å². The van der Waals surface area contributed by atoms with E-state index in [0.29, 0.717) is 0 Å². The quantitative estimate of drug-likeness (QED) is 0.169. The summed E-state index contributed by atoms with van der Waals surface area (Å²) in [6, 6.07) is 0. The number of nitrogens with one attached hydrogen (secondary N) is 2. The Hall–Kier alpha value is -1.52.